The quantitative estimate of drug-likeness (QED) is 0.893. The van der Waals surface area contributed by atoms with Crippen LogP contribution in [0.4, 0.5) is 5.13 Å². The van der Waals surface area contributed by atoms with Gasteiger partial charge in [0.15, 0.2) is 5.13 Å². The second-order valence-corrected chi connectivity index (χ2v) is 5.37. The SMILES string of the molecule is CCc1ccsc1CNC(=O)c1csc(N)n1. The fraction of sp³-hybridized carbons (Fsp3) is 0.273. The van der Waals surface area contributed by atoms with Gasteiger partial charge in [-0.25, -0.2) is 4.98 Å². The van der Waals surface area contributed by atoms with Crippen molar-refractivity contribution in [2.24, 2.45) is 0 Å². The van der Waals surface area contributed by atoms with E-state index in [0.717, 1.165) is 6.42 Å². The molecule has 6 heteroatoms. The highest BCUT2D eigenvalue weighted by Crippen LogP contribution is 2.17. The molecule has 90 valence electrons. The lowest BCUT2D eigenvalue weighted by Crippen LogP contribution is -2.23. The first-order valence-corrected chi connectivity index (χ1v) is 7.01. The van der Waals surface area contributed by atoms with E-state index < -0.39 is 0 Å². The van der Waals surface area contributed by atoms with Gasteiger partial charge in [-0.05, 0) is 23.4 Å². The maximum absolute atomic E-state index is 11.7. The molecule has 0 spiro atoms. The number of carbonyl (C=O) groups is 1. The number of nitrogen functional groups attached to an aromatic ring is 1. The van der Waals surface area contributed by atoms with E-state index in [0.29, 0.717) is 17.4 Å². The highest BCUT2D eigenvalue weighted by atomic mass is 32.1. The van der Waals surface area contributed by atoms with Crippen molar-refractivity contribution in [2.75, 3.05) is 5.73 Å². The summed E-state index contributed by atoms with van der Waals surface area (Å²) in [5.74, 6) is -0.173. The molecule has 0 bridgehead atoms. The number of aromatic nitrogens is 1. The minimum Gasteiger partial charge on any atom is -0.375 e. The number of amides is 1. The van der Waals surface area contributed by atoms with E-state index in [4.69, 9.17) is 5.73 Å². The molecule has 2 rings (SSSR count). The van der Waals surface area contributed by atoms with Crippen molar-refractivity contribution in [3.05, 3.63) is 33.0 Å². The number of hydrogen-bond acceptors (Lipinski definition) is 5. The van der Waals surface area contributed by atoms with Crippen LogP contribution in [0.3, 0.4) is 0 Å². The molecule has 0 aliphatic rings. The average molecular weight is 267 g/mol. The van der Waals surface area contributed by atoms with Gasteiger partial charge >= 0.3 is 0 Å². The molecule has 3 N–H and O–H groups in total. The van der Waals surface area contributed by atoms with Gasteiger partial charge in [-0.3, -0.25) is 4.79 Å². The van der Waals surface area contributed by atoms with Crippen LogP contribution in [0.5, 0.6) is 0 Å². The summed E-state index contributed by atoms with van der Waals surface area (Å²) >= 11 is 2.93. The Morgan fingerprint density at radius 3 is 3.00 bits per heavy atom. The van der Waals surface area contributed by atoms with Crippen LogP contribution in [-0.4, -0.2) is 10.9 Å². The molecule has 0 saturated heterocycles. The summed E-state index contributed by atoms with van der Waals surface area (Å²) in [4.78, 5) is 16.9. The van der Waals surface area contributed by atoms with Crippen LogP contribution in [0, 0.1) is 0 Å². The van der Waals surface area contributed by atoms with Crippen LogP contribution in [0.15, 0.2) is 16.8 Å². The molecular formula is C11H13N3OS2. The number of thiophene rings is 1. The van der Waals surface area contributed by atoms with E-state index in [1.54, 1.807) is 16.7 Å². The van der Waals surface area contributed by atoms with Crippen molar-refractivity contribution in [1.29, 1.82) is 0 Å². The Labute approximate surface area is 107 Å². The second kappa shape index (κ2) is 5.29. The summed E-state index contributed by atoms with van der Waals surface area (Å²) in [6.45, 7) is 2.66. The minimum absolute atomic E-state index is 0.173. The van der Waals surface area contributed by atoms with Crippen LogP contribution in [0.1, 0.15) is 27.9 Å². The summed E-state index contributed by atoms with van der Waals surface area (Å²) < 4.78 is 0. The zero-order valence-corrected chi connectivity index (χ0v) is 11.0. The van der Waals surface area contributed by atoms with E-state index in [-0.39, 0.29) is 5.91 Å². The smallest absolute Gasteiger partial charge is 0.271 e. The molecule has 0 fully saturated rings. The van der Waals surface area contributed by atoms with E-state index >= 15 is 0 Å². The van der Waals surface area contributed by atoms with Crippen molar-refractivity contribution in [3.63, 3.8) is 0 Å². The lowest BCUT2D eigenvalue weighted by atomic mass is 10.2. The van der Waals surface area contributed by atoms with Crippen LogP contribution >= 0.6 is 22.7 Å². The first-order valence-electron chi connectivity index (χ1n) is 5.25. The Bertz CT molecular complexity index is 518. The van der Waals surface area contributed by atoms with Crippen LogP contribution in [0.2, 0.25) is 0 Å². The van der Waals surface area contributed by atoms with Crippen molar-refractivity contribution in [1.82, 2.24) is 10.3 Å². The molecule has 0 aliphatic heterocycles. The third-order valence-electron chi connectivity index (χ3n) is 2.38. The monoisotopic (exact) mass is 267 g/mol. The summed E-state index contributed by atoms with van der Waals surface area (Å²) in [6, 6.07) is 2.09. The lowest BCUT2D eigenvalue weighted by molar-refractivity contribution is 0.0947. The highest BCUT2D eigenvalue weighted by molar-refractivity contribution is 7.13. The van der Waals surface area contributed by atoms with Gasteiger partial charge in [0.25, 0.3) is 5.91 Å². The van der Waals surface area contributed by atoms with E-state index in [1.807, 2.05) is 5.38 Å². The van der Waals surface area contributed by atoms with Crippen LogP contribution < -0.4 is 11.1 Å². The van der Waals surface area contributed by atoms with Crippen molar-refractivity contribution in [3.8, 4) is 0 Å². The van der Waals surface area contributed by atoms with Crippen molar-refractivity contribution < 1.29 is 4.79 Å². The molecule has 0 aromatic carbocycles. The second-order valence-electron chi connectivity index (χ2n) is 3.48. The zero-order chi connectivity index (χ0) is 12.3. The highest BCUT2D eigenvalue weighted by Gasteiger charge is 2.10. The van der Waals surface area contributed by atoms with Gasteiger partial charge in [-0.1, -0.05) is 6.92 Å². The molecule has 2 aromatic rings. The Morgan fingerprint density at radius 1 is 1.53 bits per heavy atom. The number of nitrogens with two attached hydrogens (primary N) is 1. The summed E-state index contributed by atoms with van der Waals surface area (Å²) in [5, 5.41) is 6.98. The lowest BCUT2D eigenvalue weighted by Gasteiger charge is -2.03. The Morgan fingerprint density at radius 2 is 2.35 bits per heavy atom. The normalized spacial score (nSPS) is 10.4. The molecule has 1 amide bonds. The number of carbonyl (C=O) groups excluding carboxylic acids is 1. The molecule has 2 heterocycles. The van der Waals surface area contributed by atoms with E-state index in [1.165, 1.54) is 21.8 Å². The minimum atomic E-state index is -0.173. The zero-order valence-electron chi connectivity index (χ0n) is 9.40. The maximum Gasteiger partial charge on any atom is 0.271 e. The number of nitrogens with one attached hydrogen (secondary N) is 1. The fourth-order valence-electron chi connectivity index (χ4n) is 1.48. The Balaban J connectivity index is 1.97. The maximum atomic E-state index is 11.7. The van der Waals surface area contributed by atoms with Gasteiger partial charge in [-0.15, -0.1) is 22.7 Å². The van der Waals surface area contributed by atoms with E-state index in [2.05, 4.69) is 23.3 Å². The van der Waals surface area contributed by atoms with Crippen molar-refractivity contribution in [2.45, 2.75) is 19.9 Å². The molecule has 0 radical (unpaired) electrons. The molecule has 4 nitrogen and oxygen atoms in total. The first kappa shape index (κ1) is 12.1. The van der Waals surface area contributed by atoms with Crippen LogP contribution in [0.25, 0.3) is 0 Å². The number of anilines is 1. The predicted octanol–water partition coefficient (Wildman–Crippen LogP) is 2.28. The van der Waals surface area contributed by atoms with Gasteiger partial charge < -0.3 is 11.1 Å². The molecule has 0 atom stereocenters. The fourth-order valence-corrected chi connectivity index (χ4v) is 2.94. The summed E-state index contributed by atoms with van der Waals surface area (Å²) in [7, 11) is 0. The third kappa shape index (κ3) is 2.83. The molecule has 0 unspecified atom stereocenters. The molecular weight excluding hydrogens is 254 g/mol. The molecule has 0 saturated carbocycles. The standard InChI is InChI=1S/C11H13N3OS2/c1-2-7-3-4-16-9(7)5-13-10(15)8-6-17-11(12)14-8/h3-4,6H,2,5H2,1H3,(H2,12,14)(H,13,15). The Kier molecular flexibility index (Phi) is 3.75. The molecule has 0 aliphatic carbocycles. The van der Waals surface area contributed by atoms with Crippen molar-refractivity contribution >= 4 is 33.7 Å². The third-order valence-corrected chi connectivity index (χ3v) is 4.02. The van der Waals surface area contributed by atoms with E-state index in [9.17, 15) is 4.79 Å². The van der Waals surface area contributed by atoms with Gasteiger partial charge in [0.2, 0.25) is 0 Å². The Hall–Kier alpha value is -1.40. The molecule has 17 heavy (non-hydrogen) atoms. The average Bonchev–Trinajstić information content (AvgIpc) is 2.94. The number of thiazole rings is 1. The number of aryl methyl sites for hydroxylation is 1. The van der Waals surface area contributed by atoms with Gasteiger partial charge in [0.05, 0.1) is 6.54 Å². The van der Waals surface area contributed by atoms with Gasteiger partial charge in [-0.2, -0.15) is 0 Å². The number of rotatable bonds is 4. The predicted molar refractivity (Wildman–Crippen MR) is 71.4 cm³/mol. The number of hydrogen-bond donors (Lipinski definition) is 2. The van der Waals surface area contributed by atoms with Gasteiger partial charge in [0, 0.05) is 10.3 Å². The largest absolute Gasteiger partial charge is 0.375 e. The molecule has 2 aromatic heterocycles. The summed E-state index contributed by atoms with van der Waals surface area (Å²) in [5.41, 5.74) is 7.16. The van der Waals surface area contributed by atoms with Gasteiger partial charge in [0.1, 0.15) is 5.69 Å². The number of nitrogens with zero attached hydrogens (tertiary/aromatic N) is 1. The first-order chi connectivity index (χ1) is 8.20. The summed E-state index contributed by atoms with van der Waals surface area (Å²) in [6.07, 6.45) is 0.984. The topological polar surface area (TPSA) is 68.0 Å². The van der Waals surface area contributed by atoms with Crippen LogP contribution in [-0.2, 0) is 13.0 Å².